The van der Waals surface area contributed by atoms with Crippen LogP contribution >= 0.6 is 0 Å². The summed E-state index contributed by atoms with van der Waals surface area (Å²) in [5, 5.41) is 0. The summed E-state index contributed by atoms with van der Waals surface area (Å²) in [6, 6.07) is 5.37. The van der Waals surface area contributed by atoms with Gasteiger partial charge in [-0.15, -0.1) is 0 Å². The van der Waals surface area contributed by atoms with Gasteiger partial charge in [-0.2, -0.15) is 0 Å². The van der Waals surface area contributed by atoms with E-state index in [1.165, 1.54) is 0 Å². The van der Waals surface area contributed by atoms with Crippen molar-refractivity contribution >= 4 is 17.0 Å². The normalized spacial score (nSPS) is 10.9. The molecule has 2 heterocycles. The minimum Gasteiger partial charge on any atom is -0.408 e. The number of aromatic amines is 2. The molecule has 0 atom stereocenters. The average Bonchev–Trinajstić information content (AvgIpc) is 2.92. The second-order valence-corrected chi connectivity index (χ2v) is 3.52. The third-order valence-corrected chi connectivity index (χ3v) is 2.44. The second-order valence-electron chi connectivity index (χ2n) is 3.52. The molecule has 1 aromatic carbocycles. The molecule has 0 fully saturated rings. The zero-order valence-electron chi connectivity index (χ0n) is 8.65. The standard InChI is InChI=1S/C10H9N5O2/c11-15-9-12-4-7(13-9)5-1-2-6-8(3-5)17-10(16)14-6/h1-4H,11H2,(H,14,16)(H2,12,13,15). The number of rotatable bonds is 2. The first-order chi connectivity index (χ1) is 8.26. The summed E-state index contributed by atoms with van der Waals surface area (Å²) in [5.41, 5.74) is 5.22. The van der Waals surface area contributed by atoms with Crippen LogP contribution < -0.4 is 17.0 Å². The van der Waals surface area contributed by atoms with E-state index in [4.69, 9.17) is 10.3 Å². The van der Waals surface area contributed by atoms with Gasteiger partial charge in [0, 0.05) is 5.56 Å². The number of anilines is 1. The average molecular weight is 231 g/mol. The summed E-state index contributed by atoms with van der Waals surface area (Å²) >= 11 is 0. The van der Waals surface area contributed by atoms with Crippen molar-refractivity contribution in [2.45, 2.75) is 0 Å². The van der Waals surface area contributed by atoms with Crippen molar-refractivity contribution in [3.8, 4) is 11.3 Å². The second kappa shape index (κ2) is 3.49. The lowest BCUT2D eigenvalue weighted by molar-refractivity contribution is 0.555. The van der Waals surface area contributed by atoms with E-state index in [-0.39, 0.29) is 0 Å². The van der Waals surface area contributed by atoms with Crippen molar-refractivity contribution in [3.63, 3.8) is 0 Å². The molecule has 0 saturated carbocycles. The number of hydrogen-bond donors (Lipinski definition) is 4. The Bertz CT molecular complexity index is 723. The van der Waals surface area contributed by atoms with Crippen LogP contribution in [-0.2, 0) is 0 Å². The molecule has 0 saturated heterocycles. The van der Waals surface area contributed by atoms with Gasteiger partial charge in [-0.3, -0.25) is 10.4 Å². The quantitative estimate of drug-likeness (QED) is 0.385. The highest BCUT2D eigenvalue weighted by Gasteiger charge is 2.06. The number of nitrogen functional groups attached to an aromatic ring is 1. The lowest BCUT2D eigenvalue weighted by Crippen LogP contribution is -2.07. The molecule has 2 aromatic heterocycles. The molecule has 7 nitrogen and oxygen atoms in total. The predicted molar refractivity (Wildman–Crippen MR) is 62.2 cm³/mol. The fourth-order valence-corrected chi connectivity index (χ4v) is 1.65. The van der Waals surface area contributed by atoms with E-state index < -0.39 is 5.76 Å². The third kappa shape index (κ3) is 1.58. The zero-order chi connectivity index (χ0) is 11.8. The smallest absolute Gasteiger partial charge is 0.408 e. The summed E-state index contributed by atoms with van der Waals surface area (Å²) in [6.07, 6.45) is 1.64. The number of nitrogens with one attached hydrogen (secondary N) is 3. The summed E-state index contributed by atoms with van der Waals surface area (Å²) < 4.78 is 4.98. The maximum atomic E-state index is 11.0. The van der Waals surface area contributed by atoms with Crippen molar-refractivity contribution < 1.29 is 4.42 Å². The van der Waals surface area contributed by atoms with Crippen molar-refractivity contribution in [2.24, 2.45) is 5.84 Å². The fraction of sp³-hybridized carbons (Fsp3) is 0. The van der Waals surface area contributed by atoms with Gasteiger partial charge in [-0.05, 0) is 12.1 Å². The molecule has 0 unspecified atom stereocenters. The van der Waals surface area contributed by atoms with Crippen LogP contribution in [0.5, 0.6) is 0 Å². The number of fused-ring (bicyclic) bond motifs is 1. The lowest BCUT2D eigenvalue weighted by Gasteiger charge is -1.96. The van der Waals surface area contributed by atoms with Crippen molar-refractivity contribution in [2.75, 3.05) is 5.43 Å². The number of benzene rings is 1. The summed E-state index contributed by atoms with van der Waals surface area (Å²) in [4.78, 5) is 20.6. The monoisotopic (exact) mass is 231 g/mol. The van der Waals surface area contributed by atoms with Crippen LogP contribution in [0, 0.1) is 0 Å². The molecule has 0 radical (unpaired) electrons. The Hall–Kier alpha value is -2.54. The molecule has 0 spiro atoms. The van der Waals surface area contributed by atoms with Crippen LogP contribution in [0.4, 0.5) is 5.95 Å². The molecule has 0 bridgehead atoms. The number of hydrogen-bond acceptors (Lipinski definition) is 5. The van der Waals surface area contributed by atoms with Crippen LogP contribution in [0.25, 0.3) is 22.4 Å². The molecule has 3 aromatic rings. The minimum absolute atomic E-state index is 0.467. The highest BCUT2D eigenvalue weighted by Crippen LogP contribution is 2.22. The number of nitrogens with zero attached hydrogens (tertiary/aromatic N) is 1. The van der Waals surface area contributed by atoms with Crippen LogP contribution in [0.15, 0.2) is 33.6 Å². The van der Waals surface area contributed by atoms with Gasteiger partial charge in [-0.25, -0.2) is 15.6 Å². The van der Waals surface area contributed by atoms with E-state index in [0.29, 0.717) is 17.0 Å². The first-order valence-corrected chi connectivity index (χ1v) is 4.91. The predicted octanol–water partition coefficient (Wildman–Crippen LogP) is 0.797. The lowest BCUT2D eigenvalue weighted by atomic mass is 10.1. The van der Waals surface area contributed by atoms with Gasteiger partial charge in [0.1, 0.15) is 0 Å². The van der Waals surface area contributed by atoms with Crippen molar-refractivity contribution in [1.82, 2.24) is 15.0 Å². The van der Waals surface area contributed by atoms with E-state index in [1.807, 2.05) is 6.07 Å². The maximum Gasteiger partial charge on any atom is 0.417 e. The van der Waals surface area contributed by atoms with Crippen molar-refractivity contribution in [3.05, 3.63) is 34.9 Å². The summed E-state index contributed by atoms with van der Waals surface area (Å²) in [6.45, 7) is 0. The van der Waals surface area contributed by atoms with Gasteiger partial charge in [0.25, 0.3) is 0 Å². The Morgan fingerprint density at radius 2 is 2.24 bits per heavy atom. The zero-order valence-corrected chi connectivity index (χ0v) is 8.65. The van der Waals surface area contributed by atoms with Gasteiger partial charge in [0.05, 0.1) is 17.4 Å². The molecule has 17 heavy (non-hydrogen) atoms. The van der Waals surface area contributed by atoms with Gasteiger partial charge >= 0.3 is 5.76 Å². The van der Waals surface area contributed by atoms with Gasteiger partial charge in [0.15, 0.2) is 5.58 Å². The van der Waals surface area contributed by atoms with E-state index >= 15 is 0 Å². The highest BCUT2D eigenvalue weighted by molar-refractivity contribution is 5.79. The fourth-order valence-electron chi connectivity index (χ4n) is 1.65. The molecule has 7 heteroatoms. The van der Waals surface area contributed by atoms with E-state index in [0.717, 1.165) is 11.3 Å². The van der Waals surface area contributed by atoms with Crippen LogP contribution in [0.3, 0.4) is 0 Å². The largest absolute Gasteiger partial charge is 0.417 e. The molecule has 0 aliphatic rings. The highest BCUT2D eigenvalue weighted by atomic mass is 16.4. The first-order valence-electron chi connectivity index (χ1n) is 4.91. The Labute approximate surface area is 94.6 Å². The van der Waals surface area contributed by atoms with Crippen LogP contribution in [0.1, 0.15) is 0 Å². The molecule has 0 amide bonds. The number of H-pyrrole nitrogens is 2. The molecular weight excluding hydrogens is 222 g/mol. The van der Waals surface area contributed by atoms with Gasteiger partial charge < -0.3 is 9.40 Å². The van der Waals surface area contributed by atoms with Crippen LogP contribution in [-0.4, -0.2) is 15.0 Å². The Morgan fingerprint density at radius 1 is 1.35 bits per heavy atom. The van der Waals surface area contributed by atoms with Gasteiger partial charge in [-0.1, -0.05) is 6.07 Å². The number of imidazole rings is 1. The molecule has 0 aliphatic heterocycles. The Morgan fingerprint density at radius 3 is 3.00 bits per heavy atom. The SMILES string of the molecule is NNc1ncc(-c2ccc3[nH]c(=O)oc3c2)[nH]1. The van der Waals surface area contributed by atoms with Crippen molar-refractivity contribution in [1.29, 1.82) is 0 Å². The molecule has 0 aliphatic carbocycles. The number of hydrazine groups is 1. The minimum atomic E-state index is -0.467. The van der Waals surface area contributed by atoms with E-state index in [2.05, 4.69) is 20.4 Å². The van der Waals surface area contributed by atoms with E-state index in [9.17, 15) is 4.79 Å². The summed E-state index contributed by atoms with van der Waals surface area (Å²) in [7, 11) is 0. The molecule has 3 rings (SSSR count). The third-order valence-electron chi connectivity index (χ3n) is 2.44. The topological polar surface area (TPSA) is 113 Å². The Kier molecular flexibility index (Phi) is 1.99. The van der Waals surface area contributed by atoms with Gasteiger partial charge in [0.2, 0.25) is 5.95 Å². The molecule has 5 N–H and O–H groups in total. The maximum absolute atomic E-state index is 11.0. The molecular formula is C10H9N5O2. The number of aromatic nitrogens is 3. The number of nitrogens with two attached hydrogens (primary N) is 1. The van der Waals surface area contributed by atoms with E-state index in [1.54, 1.807) is 18.3 Å². The number of oxazole rings is 1. The Balaban J connectivity index is 2.13. The van der Waals surface area contributed by atoms with Crippen LogP contribution in [0.2, 0.25) is 0 Å². The first kappa shape index (κ1) is 9.67. The summed E-state index contributed by atoms with van der Waals surface area (Å²) in [5.74, 6) is 5.23. The molecule has 86 valence electrons.